The Balaban J connectivity index is 2.13. The number of halogens is 3. The summed E-state index contributed by atoms with van der Waals surface area (Å²) < 4.78 is 27.6. The number of hydrogen-bond acceptors (Lipinski definition) is 4. The zero-order chi connectivity index (χ0) is 21.4. The summed E-state index contributed by atoms with van der Waals surface area (Å²) in [6.45, 7) is 4.85. The molecule has 1 unspecified atom stereocenters. The van der Waals surface area contributed by atoms with Gasteiger partial charge in [-0.3, -0.25) is 14.7 Å². The third kappa shape index (κ3) is 7.39. The molecule has 1 saturated heterocycles. The molecule has 0 aliphatic carbocycles. The van der Waals surface area contributed by atoms with Gasteiger partial charge in [-0.2, -0.15) is 0 Å². The van der Waals surface area contributed by atoms with Gasteiger partial charge >= 0.3 is 0 Å². The molecule has 1 amide bonds. The third-order valence-corrected chi connectivity index (χ3v) is 6.01. The van der Waals surface area contributed by atoms with Gasteiger partial charge in [0.2, 0.25) is 5.92 Å². The van der Waals surface area contributed by atoms with Crippen molar-refractivity contribution in [1.29, 1.82) is 0 Å². The monoisotopic (exact) mass is 443 g/mol. The molecule has 1 N–H and O–H groups in total. The minimum Gasteiger partial charge on any atom is -0.350 e. The molecule has 0 aromatic heterocycles. The number of nitrogens with one attached hydrogen (secondary N) is 1. The van der Waals surface area contributed by atoms with Crippen molar-refractivity contribution in [2.45, 2.75) is 45.1 Å². The summed E-state index contributed by atoms with van der Waals surface area (Å²) in [6, 6.07) is 5.07. The number of amides is 1. The summed E-state index contributed by atoms with van der Waals surface area (Å²) in [5.74, 6) is -2.90. The molecule has 8 heteroatoms. The SMILES string of the molecule is CSC(C)=N/C=C/C(CNC(=O)c1c(C)cccc1Cl)N1CCCC(F)(F)CC1. The largest absolute Gasteiger partial charge is 0.350 e. The maximum Gasteiger partial charge on any atom is 0.253 e. The minimum atomic E-state index is -2.63. The van der Waals surface area contributed by atoms with E-state index in [1.165, 1.54) is 11.8 Å². The standard InChI is InChI=1S/C21H28ClF2N3OS/c1-15-6-4-7-18(22)19(15)20(28)26-14-17(8-11-25-16(2)29-3)27-12-5-9-21(23,24)10-13-27/h4,6-8,11,17H,5,9-10,12-14H2,1-3H3,(H,26,28)/b11-8+,25-16?. The number of hydrogen-bond donors (Lipinski definition) is 1. The Kier molecular flexibility index (Phi) is 9.11. The van der Waals surface area contributed by atoms with Gasteiger partial charge in [-0.15, -0.1) is 11.8 Å². The number of aryl methyl sites for hydroxylation is 1. The fourth-order valence-corrected chi connectivity index (χ4v) is 3.71. The van der Waals surface area contributed by atoms with E-state index in [4.69, 9.17) is 11.6 Å². The molecule has 1 aromatic carbocycles. The minimum absolute atomic E-state index is 0.102. The van der Waals surface area contributed by atoms with Crippen molar-refractivity contribution in [3.8, 4) is 0 Å². The van der Waals surface area contributed by atoms with E-state index in [1.54, 1.807) is 18.3 Å². The highest BCUT2D eigenvalue weighted by molar-refractivity contribution is 8.13. The Hall–Kier alpha value is -1.44. The molecule has 0 bridgehead atoms. The van der Waals surface area contributed by atoms with Crippen molar-refractivity contribution in [3.05, 3.63) is 46.6 Å². The second-order valence-corrected chi connectivity index (χ2v) is 8.55. The molecule has 1 aliphatic rings. The van der Waals surface area contributed by atoms with Gasteiger partial charge < -0.3 is 5.32 Å². The van der Waals surface area contributed by atoms with E-state index in [9.17, 15) is 13.6 Å². The van der Waals surface area contributed by atoms with Crippen molar-refractivity contribution in [1.82, 2.24) is 10.2 Å². The van der Waals surface area contributed by atoms with E-state index in [0.29, 0.717) is 30.1 Å². The lowest BCUT2D eigenvalue weighted by Crippen LogP contribution is -2.43. The van der Waals surface area contributed by atoms with Crippen molar-refractivity contribution in [2.75, 3.05) is 25.9 Å². The Morgan fingerprint density at radius 2 is 2.17 bits per heavy atom. The maximum atomic E-state index is 13.8. The van der Waals surface area contributed by atoms with Crippen LogP contribution in [0.15, 0.2) is 35.5 Å². The normalized spacial score (nSPS) is 19.2. The lowest BCUT2D eigenvalue weighted by Gasteiger charge is -2.28. The van der Waals surface area contributed by atoms with Crippen molar-refractivity contribution in [2.24, 2.45) is 4.99 Å². The fraction of sp³-hybridized carbons (Fsp3) is 0.524. The number of aliphatic imine (C=N–C) groups is 1. The van der Waals surface area contributed by atoms with Crippen molar-refractivity contribution < 1.29 is 13.6 Å². The van der Waals surface area contributed by atoms with Gasteiger partial charge in [0.15, 0.2) is 0 Å². The summed E-state index contributed by atoms with van der Waals surface area (Å²) >= 11 is 7.72. The highest BCUT2D eigenvalue weighted by atomic mass is 35.5. The summed E-state index contributed by atoms with van der Waals surface area (Å²) in [5.41, 5.74) is 1.23. The van der Waals surface area contributed by atoms with Crippen LogP contribution in [0, 0.1) is 6.92 Å². The van der Waals surface area contributed by atoms with Crippen LogP contribution in [0.4, 0.5) is 8.78 Å². The van der Waals surface area contributed by atoms with E-state index in [0.717, 1.165) is 10.6 Å². The number of likely N-dealkylation sites (tertiary alicyclic amines) is 1. The maximum absolute atomic E-state index is 13.8. The highest BCUT2D eigenvalue weighted by Gasteiger charge is 2.33. The second-order valence-electron chi connectivity index (χ2n) is 7.15. The first-order chi connectivity index (χ1) is 13.7. The topological polar surface area (TPSA) is 44.7 Å². The van der Waals surface area contributed by atoms with E-state index in [-0.39, 0.29) is 31.3 Å². The molecule has 0 spiro atoms. The Labute approximate surface area is 180 Å². The lowest BCUT2D eigenvalue weighted by atomic mass is 10.1. The molecule has 160 valence electrons. The first kappa shape index (κ1) is 23.8. The van der Waals surface area contributed by atoms with Crippen LogP contribution in [0.3, 0.4) is 0 Å². The lowest BCUT2D eigenvalue weighted by molar-refractivity contribution is -0.0136. The van der Waals surface area contributed by atoms with Gasteiger partial charge in [-0.05, 0) is 50.8 Å². The Bertz CT molecular complexity index is 750. The zero-order valence-electron chi connectivity index (χ0n) is 17.1. The first-order valence-corrected chi connectivity index (χ1v) is 11.2. The van der Waals surface area contributed by atoms with Gasteiger partial charge in [0, 0.05) is 38.2 Å². The number of alkyl halides is 2. The predicted molar refractivity (Wildman–Crippen MR) is 118 cm³/mol. The molecular weight excluding hydrogens is 416 g/mol. The predicted octanol–water partition coefficient (Wildman–Crippen LogP) is 5.16. The molecular formula is C21H28ClF2N3OS. The van der Waals surface area contributed by atoms with Crippen LogP contribution in [0.5, 0.6) is 0 Å². The molecule has 29 heavy (non-hydrogen) atoms. The number of rotatable bonds is 6. The van der Waals surface area contributed by atoms with Crippen LogP contribution >= 0.6 is 23.4 Å². The quantitative estimate of drug-likeness (QED) is 0.487. The summed E-state index contributed by atoms with van der Waals surface area (Å²) in [7, 11) is 0. The molecule has 1 aliphatic heterocycles. The number of carbonyl (C=O) groups is 1. The number of thioether (sulfide) groups is 1. The Morgan fingerprint density at radius 3 is 2.86 bits per heavy atom. The molecule has 1 atom stereocenters. The number of benzene rings is 1. The van der Waals surface area contributed by atoms with Gasteiger partial charge in [0.05, 0.1) is 15.6 Å². The van der Waals surface area contributed by atoms with Crippen LogP contribution in [-0.2, 0) is 0 Å². The van der Waals surface area contributed by atoms with Gasteiger partial charge in [0.25, 0.3) is 5.91 Å². The van der Waals surface area contributed by atoms with Crippen molar-refractivity contribution in [3.63, 3.8) is 0 Å². The van der Waals surface area contributed by atoms with Crippen LogP contribution in [0.25, 0.3) is 0 Å². The molecule has 0 saturated carbocycles. The molecule has 1 aromatic rings. The smallest absolute Gasteiger partial charge is 0.253 e. The van der Waals surface area contributed by atoms with E-state index >= 15 is 0 Å². The van der Waals surface area contributed by atoms with E-state index < -0.39 is 5.92 Å². The highest BCUT2D eigenvalue weighted by Crippen LogP contribution is 2.28. The number of carbonyl (C=O) groups excluding carboxylic acids is 1. The molecule has 2 rings (SSSR count). The number of nitrogens with zero attached hydrogens (tertiary/aromatic N) is 2. The van der Waals surface area contributed by atoms with Gasteiger partial charge in [-0.1, -0.05) is 23.7 Å². The second kappa shape index (κ2) is 11.1. The van der Waals surface area contributed by atoms with Gasteiger partial charge in [-0.25, -0.2) is 8.78 Å². The molecule has 0 radical (unpaired) electrons. The van der Waals surface area contributed by atoms with E-state index in [2.05, 4.69) is 10.3 Å². The van der Waals surface area contributed by atoms with Crippen LogP contribution in [0.2, 0.25) is 5.02 Å². The fourth-order valence-electron chi connectivity index (χ4n) is 3.24. The average Bonchev–Trinajstić information content (AvgIpc) is 2.84. The summed E-state index contributed by atoms with van der Waals surface area (Å²) in [4.78, 5) is 19.0. The average molecular weight is 444 g/mol. The molecule has 4 nitrogen and oxygen atoms in total. The van der Waals surface area contributed by atoms with Crippen LogP contribution in [0.1, 0.15) is 42.1 Å². The van der Waals surface area contributed by atoms with Crippen molar-refractivity contribution >= 4 is 34.3 Å². The summed E-state index contributed by atoms with van der Waals surface area (Å²) in [5, 5.41) is 4.21. The third-order valence-electron chi connectivity index (χ3n) is 5.00. The van der Waals surface area contributed by atoms with Crippen LogP contribution < -0.4 is 5.32 Å². The van der Waals surface area contributed by atoms with Crippen LogP contribution in [-0.4, -0.2) is 53.7 Å². The molecule has 1 heterocycles. The zero-order valence-corrected chi connectivity index (χ0v) is 18.6. The first-order valence-electron chi connectivity index (χ1n) is 9.64. The Morgan fingerprint density at radius 1 is 1.41 bits per heavy atom. The van der Waals surface area contributed by atoms with E-state index in [1.807, 2.05) is 37.1 Å². The summed E-state index contributed by atoms with van der Waals surface area (Å²) in [6.07, 6.45) is 5.63. The van der Waals surface area contributed by atoms with Gasteiger partial charge in [0.1, 0.15) is 0 Å². The molecule has 1 fully saturated rings.